The van der Waals surface area contributed by atoms with E-state index in [0.717, 1.165) is 12.8 Å². The fourth-order valence-electron chi connectivity index (χ4n) is 3.27. The molecule has 0 bridgehead atoms. The van der Waals surface area contributed by atoms with Crippen LogP contribution in [0.1, 0.15) is 40.1 Å². The Morgan fingerprint density at radius 1 is 1.22 bits per heavy atom. The van der Waals surface area contributed by atoms with Crippen molar-refractivity contribution in [3.63, 3.8) is 0 Å². The molecule has 1 atom stereocenters. The number of piperidine rings is 1. The molecule has 27 heavy (non-hydrogen) atoms. The van der Waals surface area contributed by atoms with Crippen LogP contribution in [0, 0.1) is 0 Å². The number of halogens is 1. The Morgan fingerprint density at radius 2 is 2.00 bits per heavy atom. The van der Waals surface area contributed by atoms with Crippen molar-refractivity contribution in [2.24, 2.45) is 7.05 Å². The molecule has 2 heterocycles. The summed E-state index contributed by atoms with van der Waals surface area (Å²) in [6.45, 7) is 0.411. The summed E-state index contributed by atoms with van der Waals surface area (Å²) in [6.07, 6.45) is 3.64. The number of aryl methyl sites for hydroxylation is 1. The van der Waals surface area contributed by atoms with E-state index in [1.807, 2.05) is 0 Å². The first-order valence-electron chi connectivity index (χ1n) is 8.64. The largest absolute Gasteiger partial charge is 0.480 e. The molecule has 2 aromatic rings. The van der Waals surface area contributed by atoms with Crippen molar-refractivity contribution in [3.05, 3.63) is 52.8 Å². The van der Waals surface area contributed by atoms with Gasteiger partial charge >= 0.3 is 5.97 Å². The number of aliphatic carboxylic acids is 1. The predicted octanol–water partition coefficient (Wildman–Crippen LogP) is 3.01. The van der Waals surface area contributed by atoms with Gasteiger partial charge in [-0.25, -0.2) is 4.79 Å². The number of rotatable bonds is 4. The van der Waals surface area contributed by atoms with Crippen molar-refractivity contribution in [2.45, 2.75) is 25.3 Å². The maximum atomic E-state index is 12.8. The Labute approximate surface area is 161 Å². The van der Waals surface area contributed by atoms with Gasteiger partial charge in [-0.05, 0) is 43.5 Å². The van der Waals surface area contributed by atoms with Crippen LogP contribution >= 0.6 is 11.6 Å². The highest BCUT2D eigenvalue weighted by Crippen LogP contribution is 2.22. The van der Waals surface area contributed by atoms with Crippen LogP contribution in [0.5, 0.6) is 0 Å². The maximum Gasteiger partial charge on any atom is 0.326 e. The first kappa shape index (κ1) is 19.0. The van der Waals surface area contributed by atoms with Gasteiger partial charge in [0.15, 0.2) is 0 Å². The Bertz CT molecular complexity index is 893. The summed E-state index contributed by atoms with van der Waals surface area (Å²) in [4.78, 5) is 38.0. The number of hydrogen-bond donors (Lipinski definition) is 2. The molecule has 0 aliphatic carbocycles. The van der Waals surface area contributed by atoms with Crippen LogP contribution in [0.3, 0.4) is 0 Å². The standard InChI is InChI=1S/C19H20ClN3O4/c1-22-11-13(20)10-16(22)17(24)21-14-6-4-5-12(9-14)18(25)23-8-3-2-7-15(23)19(26)27/h4-6,9-11,15H,2-3,7-8H2,1H3,(H,21,24)(H,26,27). The number of amides is 2. The first-order valence-corrected chi connectivity index (χ1v) is 9.01. The molecule has 1 unspecified atom stereocenters. The summed E-state index contributed by atoms with van der Waals surface area (Å²) in [5.74, 6) is -1.69. The Balaban J connectivity index is 1.78. The number of carbonyl (C=O) groups excluding carboxylic acids is 2. The summed E-state index contributed by atoms with van der Waals surface area (Å²) in [7, 11) is 1.71. The molecule has 8 heteroatoms. The molecular formula is C19H20ClN3O4. The number of hydrogen-bond acceptors (Lipinski definition) is 3. The molecule has 1 saturated heterocycles. The first-order chi connectivity index (χ1) is 12.9. The van der Waals surface area contributed by atoms with Crippen molar-refractivity contribution < 1.29 is 19.5 Å². The fraction of sp³-hybridized carbons (Fsp3) is 0.316. The summed E-state index contributed by atoms with van der Waals surface area (Å²) in [5.41, 5.74) is 1.18. The number of carboxylic acids is 1. The van der Waals surface area contributed by atoms with Crippen molar-refractivity contribution in [1.29, 1.82) is 0 Å². The lowest BCUT2D eigenvalue weighted by Gasteiger charge is -2.33. The monoisotopic (exact) mass is 389 g/mol. The number of likely N-dealkylation sites (tertiary alicyclic amines) is 1. The van der Waals surface area contributed by atoms with Gasteiger partial charge < -0.3 is 19.9 Å². The molecule has 0 radical (unpaired) electrons. The normalized spacial score (nSPS) is 16.8. The van der Waals surface area contributed by atoms with Crippen LogP contribution in [0.4, 0.5) is 5.69 Å². The second-order valence-corrected chi connectivity index (χ2v) is 6.97. The average Bonchev–Trinajstić information content (AvgIpc) is 2.99. The number of carbonyl (C=O) groups is 3. The molecule has 1 aliphatic heterocycles. The zero-order valence-electron chi connectivity index (χ0n) is 14.8. The lowest BCUT2D eigenvalue weighted by Crippen LogP contribution is -2.48. The van der Waals surface area contributed by atoms with E-state index in [1.165, 1.54) is 4.90 Å². The third-order valence-corrected chi connectivity index (χ3v) is 4.83. The summed E-state index contributed by atoms with van der Waals surface area (Å²) < 4.78 is 1.61. The molecule has 0 spiro atoms. The average molecular weight is 390 g/mol. The summed E-state index contributed by atoms with van der Waals surface area (Å²) >= 11 is 5.91. The highest BCUT2D eigenvalue weighted by molar-refractivity contribution is 6.31. The van der Waals surface area contributed by atoms with E-state index >= 15 is 0 Å². The van der Waals surface area contributed by atoms with Gasteiger partial charge in [-0.3, -0.25) is 9.59 Å². The lowest BCUT2D eigenvalue weighted by atomic mass is 10.0. The smallest absolute Gasteiger partial charge is 0.326 e. The number of benzene rings is 1. The molecule has 1 aromatic heterocycles. The van der Waals surface area contributed by atoms with Gasteiger partial charge in [0.25, 0.3) is 11.8 Å². The molecule has 3 rings (SSSR count). The second kappa shape index (κ2) is 7.84. The van der Waals surface area contributed by atoms with Crippen LogP contribution in [-0.2, 0) is 11.8 Å². The van der Waals surface area contributed by atoms with E-state index in [0.29, 0.717) is 34.9 Å². The molecule has 0 saturated carbocycles. The van der Waals surface area contributed by atoms with Gasteiger partial charge in [0.05, 0.1) is 5.02 Å². The number of nitrogens with zero attached hydrogens (tertiary/aromatic N) is 2. The summed E-state index contributed by atoms with van der Waals surface area (Å²) in [5, 5.41) is 12.6. The quantitative estimate of drug-likeness (QED) is 0.840. The van der Waals surface area contributed by atoms with Crippen molar-refractivity contribution in [2.75, 3.05) is 11.9 Å². The molecule has 1 fully saturated rings. The number of aromatic nitrogens is 1. The molecule has 7 nitrogen and oxygen atoms in total. The SMILES string of the molecule is Cn1cc(Cl)cc1C(=O)Nc1cccc(C(=O)N2CCCCC2C(=O)O)c1. The van der Waals surface area contributed by atoms with E-state index in [1.54, 1.807) is 48.1 Å². The van der Waals surface area contributed by atoms with Crippen LogP contribution in [0.25, 0.3) is 0 Å². The number of anilines is 1. The molecule has 2 N–H and O–H groups in total. The van der Waals surface area contributed by atoms with Gasteiger partial charge in [0.1, 0.15) is 11.7 Å². The van der Waals surface area contributed by atoms with E-state index in [2.05, 4.69) is 5.32 Å². The van der Waals surface area contributed by atoms with E-state index in [4.69, 9.17) is 11.6 Å². The minimum absolute atomic E-state index is 0.339. The van der Waals surface area contributed by atoms with Crippen molar-refractivity contribution in [3.8, 4) is 0 Å². The van der Waals surface area contributed by atoms with E-state index in [9.17, 15) is 19.5 Å². The van der Waals surface area contributed by atoms with E-state index < -0.39 is 12.0 Å². The van der Waals surface area contributed by atoms with Gasteiger partial charge in [-0.15, -0.1) is 0 Å². The molecular weight excluding hydrogens is 370 g/mol. The molecule has 142 valence electrons. The molecule has 1 aromatic carbocycles. The minimum Gasteiger partial charge on any atom is -0.480 e. The maximum absolute atomic E-state index is 12.8. The van der Waals surface area contributed by atoms with Crippen LogP contribution in [0.2, 0.25) is 5.02 Å². The number of carboxylic acid groups (broad SMARTS) is 1. The predicted molar refractivity (Wildman–Crippen MR) is 101 cm³/mol. The highest BCUT2D eigenvalue weighted by atomic mass is 35.5. The van der Waals surface area contributed by atoms with Crippen LogP contribution in [-0.4, -0.2) is 44.9 Å². The fourth-order valence-corrected chi connectivity index (χ4v) is 3.52. The Hall–Kier alpha value is -2.80. The zero-order valence-corrected chi connectivity index (χ0v) is 15.6. The highest BCUT2D eigenvalue weighted by Gasteiger charge is 2.32. The summed E-state index contributed by atoms with van der Waals surface area (Å²) in [6, 6.07) is 7.24. The third kappa shape index (κ3) is 4.14. The van der Waals surface area contributed by atoms with Gasteiger partial charge in [-0.2, -0.15) is 0 Å². The molecule has 2 amide bonds. The minimum atomic E-state index is -0.993. The van der Waals surface area contributed by atoms with Crippen molar-refractivity contribution in [1.82, 2.24) is 9.47 Å². The van der Waals surface area contributed by atoms with Crippen molar-refractivity contribution >= 4 is 35.1 Å². The zero-order chi connectivity index (χ0) is 19.6. The lowest BCUT2D eigenvalue weighted by molar-refractivity contribution is -0.143. The van der Waals surface area contributed by atoms with Crippen LogP contribution in [0.15, 0.2) is 36.5 Å². The van der Waals surface area contributed by atoms with Gasteiger partial charge in [0, 0.05) is 31.0 Å². The van der Waals surface area contributed by atoms with Crippen LogP contribution < -0.4 is 5.32 Å². The van der Waals surface area contributed by atoms with E-state index in [-0.39, 0.29) is 11.8 Å². The Kier molecular flexibility index (Phi) is 5.51. The number of nitrogens with one attached hydrogen (secondary N) is 1. The Morgan fingerprint density at radius 3 is 2.67 bits per heavy atom. The third-order valence-electron chi connectivity index (χ3n) is 4.62. The topological polar surface area (TPSA) is 91.6 Å². The molecule has 1 aliphatic rings. The van der Waals surface area contributed by atoms with Gasteiger partial charge in [-0.1, -0.05) is 17.7 Å². The van der Waals surface area contributed by atoms with Gasteiger partial charge in [0.2, 0.25) is 0 Å². The second-order valence-electron chi connectivity index (χ2n) is 6.54.